The largest absolute Gasteiger partial charge is 0.490 e. The number of hydrogen-bond acceptors (Lipinski definition) is 2. The summed E-state index contributed by atoms with van der Waals surface area (Å²) in [5.41, 5.74) is 7.85. The maximum absolute atomic E-state index is 5.73. The lowest BCUT2D eigenvalue weighted by Gasteiger charge is -2.07. The van der Waals surface area contributed by atoms with Gasteiger partial charge < -0.3 is 15.0 Å². The Morgan fingerprint density at radius 2 is 1.83 bits per heavy atom. The Kier molecular flexibility index (Phi) is 2.68. The Labute approximate surface area is 106 Å². The molecule has 0 aliphatic rings. The lowest BCUT2D eigenvalue weighted by molar-refractivity contribution is 0.331. The van der Waals surface area contributed by atoms with Crippen LogP contribution in [0.5, 0.6) is 5.75 Å². The van der Waals surface area contributed by atoms with E-state index in [1.54, 1.807) is 0 Å². The predicted molar refractivity (Wildman–Crippen MR) is 75.0 cm³/mol. The highest BCUT2D eigenvalue weighted by atomic mass is 16.5. The lowest BCUT2D eigenvalue weighted by atomic mass is 10.1. The van der Waals surface area contributed by atoms with Crippen LogP contribution in [-0.4, -0.2) is 17.7 Å². The van der Waals surface area contributed by atoms with Crippen molar-refractivity contribution in [2.45, 2.75) is 0 Å². The predicted octanol–water partition coefficient (Wildman–Crippen LogP) is 2.67. The molecule has 1 heterocycles. The third-order valence-electron chi connectivity index (χ3n) is 3.27. The van der Waals surface area contributed by atoms with Gasteiger partial charge in [0.2, 0.25) is 0 Å². The van der Waals surface area contributed by atoms with Crippen LogP contribution in [0.3, 0.4) is 0 Å². The average molecular weight is 240 g/mol. The number of fused-ring (bicyclic) bond motifs is 3. The molecule has 0 atom stereocenters. The first-order valence-corrected chi connectivity index (χ1v) is 6.12. The molecular weight excluding hydrogens is 224 g/mol. The molecule has 3 rings (SSSR count). The summed E-state index contributed by atoms with van der Waals surface area (Å²) in [7, 11) is 2.07. The SMILES string of the molecule is Cn1c2ccccc2c2cccc(OCCN)c21. The van der Waals surface area contributed by atoms with Gasteiger partial charge in [0.1, 0.15) is 12.4 Å². The van der Waals surface area contributed by atoms with E-state index in [1.807, 2.05) is 12.1 Å². The molecule has 0 fully saturated rings. The molecule has 0 saturated carbocycles. The second kappa shape index (κ2) is 4.35. The van der Waals surface area contributed by atoms with Crippen LogP contribution in [0.1, 0.15) is 0 Å². The van der Waals surface area contributed by atoms with Crippen LogP contribution in [0.4, 0.5) is 0 Å². The summed E-state index contributed by atoms with van der Waals surface area (Å²) in [5.74, 6) is 0.900. The smallest absolute Gasteiger partial charge is 0.143 e. The molecule has 0 amide bonds. The zero-order valence-electron chi connectivity index (χ0n) is 10.4. The Bertz CT molecular complexity index is 700. The molecule has 0 saturated heterocycles. The number of rotatable bonds is 3. The van der Waals surface area contributed by atoms with Crippen molar-refractivity contribution in [2.75, 3.05) is 13.2 Å². The molecule has 0 aliphatic carbocycles. The van der Waals surface area contributed by atoms with Gasteiger partial charge in [-0.2, -0.15) is 0 Å². The Morgan fingerprint density at radius 3 is 2.67 bits per heavy atom. The van der Waals surface area contributed by atoms with E-state index in [4.69, 9.17) is 10.5 Å². The summed E-state index contributed by atoms with van der Waals surface area (Å²) in [4.78, 5) is 0. The number of aromatic nitrogens is 1. The first-order valence-electron chi connectivity index (χ1n) is 6.12. The van der Waals surface area contributed by atoms with Gasteiger partial charge in [0.25, 0.3) is 0 Å². The molecule has 2 aromatic carbocycles. The van der Waals surface area contributed by atoms with E-state index in [1.165, 1.54) is 16.3 Å². The fourth-order valence-corrected chi connectivity index (χ4v) is 2.49. The van der Waals surface area contributed by atoms with Crippen molar-refractivity contribution in [3.8, 4) is 5.75 Å². The van der Waals surface area contributed by atoms with Gasteiger partial charge in [-0.25, -0.2) is 0 Å². The van der Waals surface area contributed by atoms with Crippen molar-refractivity contribution < 1.29 is 4.74 Å². The second-order valence-corrected chi connectivity index (χ2v) is 4.37. The molecule has 92 valence electrons. The number of nitrogens with zero attached hydrogens (tertiary/aromatic N) is 1. The molecule has 3 heteroatoms. The van der Waals surface area contributed by atoms with Crippen LogP contribution >= 0.6 is 0 Å². The average Bonchev–Trinajstić information content (AvgIpc) is 2.72. The molecule has 18 heavy (non-hydrogen) atoms. The van der Waals surface area contributed by atoms with Gasteiger partial charge in [0.05, 0.1) is 5.52 Å². The van der Waals surface area contributed by atoms with Crippen molar-refractivity contribution in [1.82, 2.24) is 4.57 Å². The zero-order valence-corrected chi connectivity index (χ0v) is 10.4. The molecule has 3 aromatic rings. The van der Waals surface area contributed by atoms with Crippen LogP contribution < -0.4 is 10.5 Å². The van der Waals surface area contributed by atoms with E-state index < -0.39 is 0 Å². The molecule has 0 spiro atoms. The summed E-state index contributed by atoms with van der Waals surface area (Å²) < 4.78 is 7.91. The summed E-state index contributed by atoms with van der Waals surface area (Å²) >= 11 is 0. The molecule has 2 N–H and O–H groups in total. The molecular formula is C15H16N2O. The van der Waals surface area contributed by atoms with Crippen molar-refractivity contribution in [3.05, 3.63) is 42.5 Å². The Morgan fingerprint density at radius 1 is 1.06 bits per heavy atom. The number of benzene rings is 2. The summed E-state index contributed by atoms with van der Waals surface area (Å²) in [5, 5.41) is 2.48. The van der Waals surface area contributed by atoms with Crippen molar-refractivity contribution in [1.29, 1.82) is 0 Å². The highest BCUT2D eigenvalue weighted by molar-refractivity contribution is 6.09. The van der Waals surface area contributed by atoms with Gasteiger partial charge in [-0.3, -0.25) is 0 Å². The number of ether oxygens (including phenoxy) is 1. The molecule has 1 aromatic heterocycles. The van der Waals surface area contributed by atoms with Crippen molar-refractivity contribution >= 4 is 21.8 Å². The second-order valence-electron chi connectivity index (χ2n) is 4.37. The van der Waals surface area contributed by atoms with Crippen molar-refractivity contribution in [3.63, 3.8) is 0 Å². The topological polar surface area (TPSA) is 40.2 Å². The van der Waals surface area contributed by atoms with Crippen LogP contribution in [0.15, 0.2) is 42.5 Å². The zero-order chi connectivity index (χ0) is 12.5. The molecule has 3 nitrogen and oxygen atoms in total. The van der Waals surface area contributed by atoms with Crippen LogP contribution in [-0.2, 0) is 7.05 Å². The number of hydrogen-bond donors (Lipinski definition) is 1. The number of aryl methyl sites for hydroxylation is 1. The maximum atomic E-state index is 5.73. The van der Waals surface area contributed by atoms with Crippen LogP contribution in [0.25, 0.3) is 21.8 Å². The number of nitrogens with two attached hydrogens (primary N) is 1. The van der Waals surface area contributed by atoms with E-state index >= 15 is 0 Å². The molecule has 0 unspecified atom stereocenters. The highest BCUT2D eigenvalue weighted by Gasteiger charge is 2.11. The minimum absolute atomic E-state index is 0.528. The number of para-hydroxylation sites is 2. The highest BCUT2D eigenvalue weighted by Crippen LogP contribution is 2.33. The summed E-state index contributed by atoms with van der Waals surface area (Å²) in [6.45, 7) is 1.07. The Hall–Kier alpha value is -2.00. The Balaban J connectivity index is 2.33. The third-order valence-corrected chi connectivity index (χ3v) is 3.27. The van der Waals surface area contributed by atoms with Crippen LogP contribution in [0.2, 0.25) is 0 Å². The first kappa shape index (κ1) is 11.1. The van der Waals surface area contributed by atoms with Gasteiger partial charge in [-0.1, -0.05) is 30.3 Å². The standard InChI is InChI=1S/C15H16N2O/c1-17-13-7-3-2-5-11(13)12-6-4-8-14(15(12)17)18-10-9-16/h2-8H,9-10,16H2,1H3. The van der Waals surface area contributed by atoms with Crippen molar-refractivity contribution in [2.24, 2.45) is 12.8 Å². The summed E-state index contributed by atoms with van der Waals surface area (Å²) in [6.07, 6.45) is 0. The monoisotopic (exact) mass is 240 g/mol. The van der Waals surface area contributed by atoms with E-state index in [0.29, 0.717) is 13.2 Å². The quantitative estimate of drug-likeness (QED) is 0.764. The summed E-state index contributed by atoms with van der Waals surface area (Å²) in [6, 6.07) is 14.5. The van der Waals surface area contributed by atoms with Gasteiger partial charge >= 0.3 is 0 Å². The maximum Gasteiger partial charge on any atom is 0.143 e. The molecule has 0 aliphatic heterocycles. The van der Waals surface area contributed by atoms with Crippen LogP contribution in [0, 0.1) is 0 Å². The van der Waals surface area contributed by atoms with Gasteiger partial charge in [0.15, 0.2) is 0 Å². The van der Waals surface area contributed by atoms with E-state index in [-0.39, 0.29) is 0 Å². The van der Waals surface area contributed by atoms with E-state index in [0.717, 1.165) is 11.3 Å². The molecule has 0 radical (unpaired) electrons. The minimum atomic E-state index is 0.528. The van der Waals surface area contributed by atoms with E-state index in [9.17, 15) is 0 Å². The lowest BCUT2D eigenvalue weighted by Crippen LogP contribution is -2.11. The fraction of sp³-hybridized carbons (Fsp3) is 0.200. The minimum Gasteiger partial charge on any atom is -0.490 e. The van der Waals surface area contributed by atoms with E-state index in [2.05, 4.69) is 41.9 Å². The third kappa shape index (κ3) is 1.56. The van der Waals surface area contributed by atoms with Gasteiger partial charge in [-0.15, -0.1) is 0 Å². The molecule has 0 bridgehead atoms. The first-order chi connectivity index (χ1) is 8.83. The fourth-order valence-electron chi connectivity index (χ4n) is 2.49. The van der Waals surface area contributed by atoms with Gasteiger partial charge in [-0.05, 0) is 12.1 Å². The normalized spacial score (nSPS) is 11.2. The van der Waals surface area contributed by atoms with Gasteiger partial charge in [0, 0.05) is 29.9 Å².